The van der Waals surface area contributed by atoms with E-state index in [1.165, 1.54) is 11.3 Å². The number of thiazole rings is 1. The summed E-state index contributed by atoms with van der Waals surface area (Å²) in [7, 11) is 3.34. The van der Waals surface area contributed by atoms with Gasteiger partial charge >= 0.3 is 0 Å². The molecule has 172 valence electrons. The molecule has 0 saturated carbocycles. The number of fused-ring (bicyclic) bond motifs is 2. The number of methoxy groups -OCH3 is 2. The van der Waals surface area contributed by atoms with Crippen molar-refractivity contribution in [1.29, 1.82) is 0 Å². The van der Waals surface area contributed by atoms with E-state index < -0.39 is 0 Å². The molecule has 1 aliphatic heterocycles. The summed E-state index contributed by atoms with van der Waals surface area (Å²) in [6, 6.07) is 16.0. The highest BCUT2D eigenvalue weighted by Gasteiger charge is 2.27. The molecule has 5 aromatic rings. The van der Waals surface area contributed by atoms with Gasteiger partial charge in [0.25, 0.3) is 0 Å². The van der Waals surface area contributed by atoms with Crippen LogP contribution in [0.15, 0.2) is 53.1 Å². The van der Waals surface area contributed by atoms with Crippen LogP contribution in [-0.4, -0.2) is 47.4 Å². The minimum Gasteiger partial charge on any atom is -0.497 e. The van der Waals surface area contributed by atoms with Gasteiger partial charge < -0.3 is 18.9 Å². The summed E-state index contributed by atoms with van der Waals surface area (Å²) in [5, 5.41) is 6.05. The van der Waals surface area contributed by atoms with Gasteiger partial charge in [0.05, 0.1) is 24.4 Å². The average molecular weight is 474 g/mol. The number of piperidine rings is 1. The second kappa shape index (κ2) is 8.57. The van der Waals surface area contributed by atoms with Crippen molar-refractivity contribution in [2.24, 2.45) is 0 Å². The molecule has 2 aromatic carbocycles. The minimum absolute atomic E-state index is 0.224. The van der Waals surface area contributed by atoms with Crippen molar-refractivity contribution in [3.05, 3.63) is 54.4 Å². The van der Waals surface area contributed by atoms with Crippen LogP contribution in [0.3, 0.4) is 0 Å². The molecule has 4 heterocycles. The first-order valence-corrected chi connectivity index (χ1v) is 12.0. The number of para-hydroxylation sites is 1. The van der Waals surface area contributed by atoms with Crippen molar-refractivity contribution in [1.82, 2.24) is 20.1 Å². The zero-order valence-corrected chi connectivity index (χ0v) is 19.7. The Morgan fingerprint density at radius 2 is 1.85 bits per heavy atom. The average Bonchev–Trinajstić information content (AvgIpc) is 3.55. The highest BCUT2D eigenvalue weighted by molar-refractivity contribution is 7.21. The van der Waals surface area contributed by atoms with Crippen LogP contribution in [0.1, 0.15) is 24.7 Å². The molecule has 0 spiro atoms. The van der Waals surface area contributed by atoms with Gasteiger partial charge in [0.1, 0.15) is 22.8 Å². The maximum atomic E-state index is 5.66. The fourth-order valence-corrected chi connectivity index (χ4v) is 5.34. The van der Waals surface area contributed by atoms with Gasteiger partial charge in [0, 0.05) is 24.4 Å². The van der Waals surface area contributed by atoms with Crippen LogP contribution < -0.4 is 14.4 Å². The molecule has 0 N–H and O–H groups in total. The Morgan fingerprint density at radius 1 is 0.971 bits per heavy atom. The highest BCUT2D eigenvalue weighted by Crippen LogP contribution is 2.34. The van der Waals surface area contributed by atoms with Gasteiger partial charge in [-0.25, -0.2) is 9.97 Å². The molecule has 0 unspecified atom stereocenters. The van der Waals surface area contributed by atoms with Crippen molar-refractivity contribution >= 4 is 38.3 Å². The lowest BCUT2D eigenvalue weighted by Crippen LogP contribution is -2.33. The molecular weight excluding hydrogens is 450 g/mol. The summed E-state index contributed by atoms with van der Waals surface area (Å²) in [6.07, 6.45) is 1.84. The molecule has 3 aromatic heterocycles. The summed E-state index contributed by atoms with van der Waals surface area (Å²) in [5.41, 5.74) is 1.79. The SMILES string of the molecule is COc1ccc2nc(-c3noc(C4CCN(c5ccc6cccc(OC)c6n5)CC4)n3)sc2c1. The van der Waals surface area contributed by atoms with Crippen molar-refractivity contribution in [2.45, 2.75) is 18.8 Å². The normalized spacial score (nSPS) is 14.7. The zero-order chi connectivity index (χ0) is 23.1. The lowest BCUT2D eigenvalue weighted by atomic mass is 9.97. The number of nitrogens with zero attached hydrogens (tertiary/aromatic N) is 5. The third-order valence-corrected chi connectivity index (χ3v) is 7.30. The molecule has 1 aliphatic rings. The van der Waals surface area contributed by atoms with Gasteiger partial charge in [-0.3, -0.25) is 0 Å². The van der Waals surface area contributed by atoms with E-state index in [9.17, 15) is 0 Å². The first-order valence-electron chi connectivity index (χ1n) is 11.2. The van der Waals surface area contributed by atoms with Gasteiger partial charge in [-0.1, -0.05) is 17.3 Å². The summed E-state index contributed by atoms with van der Waals surface area (Å²) < 4.78 is 17.5. The fourth-order valence-electron chi connectivity index (χ4n) is 4.42. The van der Waals surface area contributed by atoms with Gasteiger partial charge in [0.15, 0.2) is 5.01 Å². The number of benzene rings is 2. The summed E-state index contributed by atoms with van der Waals surface area (Å²) in [5.74, 6) is 4.01. The molecule has 6 rings (SSSR count). The number of ether oxygens (including phenoxy) is 2. The number of anilines is 1. The maximum Gasteiger partial charge on any atom is 0.231 e. The molecule has 0 amide bonds. The zero-order valence-electron chi connectivity index (χ0n) is 18.9. The number of aromatic nitrogens is 4. The molecule has 1 saturated heterocycles. The van der Waals surface area contributed by atoms with Crippen LogP contribution in [0.2, 0.25) is 0 Å². The van der Waals surface area contributed by atoms with E-state index in [0.717, 1.165) is 69.4 Å². The molecule has 34 heavy (non-hydrogen) atoms. The lowest BCUT2D eigenvalue weighted by Gasteiger charge is -2.31. The van der Waals surface area contributed by atoms with Crippen LogP contribution >= 0.6 is 11.3 Å². The minimum atomic E-state index is 0.224. The Hall–Kier alpha value is -3.72. The third kappa shape index (κ3) is 3.71. The van der Waals surface area contributed by atoms with E-state index >= 15 is 0 Å². The van der Waals surface area contributed by atoms with Gasteiger partial charge in [-0.2, -0.15) is 4.98 Å². The number of pyridine rings is 1. The molecule has 0 radical (unpaired) electrons. The quantitative estimate of drug-likeness (QED) is 0.340. The van der Waals surface area contributed by atoms with E-state index in [2.05, 4.69) is 33.2 Å². The van der Waals surface area contributed by atoms with E-state index in [1.807, 2.05) is 30.3 Å². The number of hydrogen-bond acceptors (Lipinski definition) is 9. The first kappa shape index (κ1) is 20.9. The van der Waals surface area contributed by atoms with Crippen LogP contribution in [0, 0.1) is 0 Å². The molecule has 0 bridgehead atoms. The second-order valence-electron chi connectivity index (χ2n) is 8.27. The standard InChI is InChI=1S/C25H23N5O3S/c1-31-17-7-8-18-20(14-17)34-25(26-18)23-28-24(33-29-23)16-10-12-30(13-11-16)21-9-6-15-4-3-5-19(32-2)22(15)27-21/h3-9,14,16H,10-13H2,1-2H3. The fraction of sp³-hybridized carbons (Fsp3) is 0.280. The van der Waals surface area contributed by atoms with E-state index in [1.54, 1.807) is 14.2 Å². The Bertz CT molecular complexity index is 1470. The predicted octanol–water partition coefficient (Wildman–Crippen LogP) is 5.30. The van der Waals surface area contributed by atoms with Gasteiger partial charge in [-0.05, 0) is 49.2 Å². The van der Waals surface area contributed by atoms with Crippen LogP contribution in [0.4, 0.5) is 5.82 Å². The third-order valence-electron chi connectivity index (χ3n) is 6.29. The maximum absolute atomic E-state index is 5.66. The van der Waals surface area contributed by atoms with E-state index in [4.69, 9.17) is 24.0 Å². The van der Waals surface area contributed by atoms with Crippen molar-refractivity contribution in [3.63, 3.8) is 0 Å². The topological polar surface area (TPSA) is 86.4 Å². The predicted molar refractivity (Wildman–Crippen MR) is 132 cm³/mol. The highest BCUT2D eigenvalue weighted by atomic mass is 32.1. The van der Waals surface area contributed by atoms with E-state index in [0.29, 0.717) is 11.7 Å². The van der Waals surface area contributed by atoms with Crippen molar-refractivity contribution in [2.75, 3.05) is 32.2 Å². The Morgan fingerprint density at radius 3 is 2.68 bits per heavy atom. The summed E-state index contributed by atoms with van der Waals surface area (Å²) in [4.78, 5) is 16.5. The lowest BCUT2D eigenvalue weighted by molar-refractivity contribution is 0.329. The molecule has 0 aliphatic carbocycles. The molecule has 0 atom stereocenters. The van der Waals surface area contributed by atoms with Crippen molar-refractivity contribution in [3.8, 4) is 22.3 Å². The monoisotopic (exact) mass is 473 g/mol. The smallest absolute Gasteiger partial charge is 0.231 e. The summed E-state index contributed by atoms with van der Waals surface area (Å²) >= 11 is 1.54. The second-order valence-corrected chi connectivity index (χ2v) is 9.30. The van der Waals surface area contributed by atoms with Crippen LogP contribution in [0.25, 0.3) is 32.0 Å². The molecule has 8 nitrogen and oxygen atoms in total. The van der Waals surface area contributed by atoms with Crippen LogP contribution in [0.5, 0.6) is 11.5 Å². The summed E-state index contributed by atoms with van der Waals surface area (Å²) in [6.45, 7) is 1.74. The van der Waals surface area contributed by atoms with Gasteiger partial charge in [-0.15, -0.1) is 11.3 Å². The largest absolute Gasteiger partial charge is 0.497 e. The van der Waals surface area contributed by atoms with Gasteiger partial charge in [0.2, 0.25) is 11.7 Å². The molecular formula is C25H23N5O3S. The number of hydrogen-bond donors (Lipinski definition) is 0. The van der Waals surface area contributed by atoms with E-state index in [-0.39, 0.29) is 5.92 Å². The Balaban J connectivity index is 1.17. The first-order chi connectivity index (χ1) is 16.7. The van der Waals surface area contributed by atoms with Crippen molar-refractivity contribution < 1.29 is 14.0 Å². The Kier molecular flexibility index (Phi) is 5.26. The molecule has 9 heteroatoms. The van der Waals surface area contributed by atoms with Crippen LogP contribution in [-0.2, 0) is 0 Å². The molecule has 1 fully saturated rings. The Labute approximate surface area is 200 Å². The number of rotatable bonds is 5.